The van der Waals surface area contributed by atoms with Gasteiger partial charge in [0, 0.05) is 12.7 Å². The number of fused-ring (bicyclic) bond motifs is 1. The van der Waals surface area contributed by atoms with Gasteiger partial charge in [-0.15, -0.1) is 11.3 Å². The molecule has 6 nitrogen and oxygen atoms in total. The lowest BCUT2D eigenvalue weighted by atomic mass is 10.2. The number of amides is 1. The van der Waals surface area contributed by atoms with Crippen molar-refractivity contribution in [3.05, 3.63) is 42.2 Å². The van der Waals surface area contributed by atoms with E-state index in [0.717, 1.165) is 35.4 Å². The van der Waals surface area contributed by atoms with E-state index in [1.54, 1.807) is 29.9 Å². The second-order valence-electron chi connectivity index (χ2n) is 5.39. The SMILES string of the molecule is O=C(Nc1ccccn1)[C@H]1CCCN1c1ncnc2sccc12. The number of rotatable bonds is 3. The third kappa shape index (κ3) is 2.63. The number of pyridine rings is 1. The standard InChI is InChI=1S/C16H15N5OS/c22-15(20-13-5-1-2-7-17-13)12-4-3-8-21(12)14-11-6-9-23-16(11)19-10-18-14/h1-2,5-7,9-10,12H,3-4,8H2,(H,17,20,22)/t12-/m1/s1. The molecule has 0 spiro atoms. The molecule has 0 radical (unpaired) electrons. The van der Waals surface area contributed by atoms with Crippen molar-refractivity contribution in [3.63, 3.8) is 0 Å². The molecule has 4 rings (SSSR count). The molecule has 3 aromatic rings. The highest BCUT2D eigenvalue weighted by atomic mass is 32.1. The summed E-state index contributed by atoms with van der Waals surface area (Å²) in [4.78, 5) is 28.5. The number of aromatic nitrogens is 3. The van der Waals surface area contributed by atoms with Gasteiger partial charge in [-0.3, -0.25) is 4.79 Å². The molecule has 116 valence electrons. The number of anilines is 2. The van der Waals surface area contributed by atoms with Crippen molar-refractivity contribution in [2.75, 3.05) is 16.8 Å². The molecule has 0 bridgehead atoms. The van der Waals surface area contributed by atoms with E-state index in [1.807, 2.05) is 23.6 Å². The zero-order chi connectivity index (χ0) is 15.6. The van der Waals surface area contributed by atoms with Crippen LogP contribution in [0.15, 0.2) is 42.2 Å². The summed E-state index contributed by atoms with van der Waals surface area (Å²) in [5.74, 6) is 1.38. The lowest BCUT2D eigenvalue weighted by molar-refractivity contribution is -0.117. The fraction of sp³-hybridized carbons (Fsp3) is 0.250. The average molecular weight is 325 g/mol. The molecule has 1 aliphatic heterocycles. The summed E-state index contributed by atoms with van der Waals surface area (Å²) in [5.41, 5.74) is 0. The van der Waals surface area contributed by atoms with E-state index >= 15 is 0 Å². The Labute approximate surface area is 137 Å². The van der Waals surface area contributed by atoms with E-state index in [1.165, 1.54) is 0 Å². The first-order valence-electron chi connectivity index (χ1n) is 7.50. The zero-order valence-corrected chi connectivity index (χ0v) is 13.2. The molecule has 0 aromatic carbocycles. The summed E-state index contributed by atoms with van der Waals surface area (Å²) in [5, 5.41) is 5.90. The van der Waals surface area contributed by atoms with Crippen LogP contribution in [0.1, 0.15) is 12.8 Å². The van der Waals surface area contributed by atoms with E-state index in [4.69, 9.17) is 0 Å². The van der Waals surface area contributed by atoms with Crippen LogP contribution in [0.3, 0.4) is 0 Å². The Hall–Kier alpha value is -2.54. The van der Waals surface area contributed by atoms with Crippen LogP contribution in [0.25, 0.3) is 10.2 Å². The van der Waals surface area contributed by atoms with Gasteiger partial charge in [0.15, 0.2) is 0 Å². The van der Waals surface area contributed by atoms with Gasteiger partial charge in [0.1, 0.15) is 28.8 Å². The molecular formula is C16H15N5OS. The van der Waals surface area contributed by atoms with E-state index in [9.17, 15) is 4.79 Å². The van der Waals surface area contributed by atoms with Gasteiger partial charge in [0.05, 0.1) is 5.39 Å². The lowest BCUT2D eigenvalue weighted by Gasteiger charge is -2.25. The van der Waals surface area contributed by atoms with Crippen molar-refractivity contribution in [1.82, 2.24) is 15.0 Å². The van der Waals surface area contributed by atoms with Gasteiger partial charge in [-0.05, 0) is 36.4 Å². The predicted molar refractivity (Wildman–Crippen MR) is 90.6 cm³/mol. The smallest absolute Gasteiger partial charge is 0.248 e. The topological polar surface area (TPSA) is 71.0 Å². The molecule has 4 heterocycles. The minimum atomic E-state index is -0.227. The summed E-state index contributed by atoms with van der Waals surface area (Å²) in [6.45, 7) is 0.822. The average Bonchev–Trinajstić information content (AvgIpc) is 3.24. The van der Waals surface area contributed by atoms with Crippen molar-refractivity contribution in [1.29, 1.82) is 0 Å². The van der Waals surface area contributed by atoms with Gasteiger partial charge in [0.2, 0.25) is 5.91 Å². The third-order valence-corrected chi connectivity index (χ3v) is 4.81. The normalized spacial score (nSPS) is 17.6. The van der Waals surface area contributed by atoms with Gasteiger partial charge in [-0.25, -0.2) is 15.0 Å². The van der Waals surface area contributed by atoms with Crippen molar-refractivity contribution in [2.45, 2.75) is 18.9 Å². The molecule has 1 amide bonds. The Bertz CT molecular complexity index is 835. The van der Waals surface area contributed by atoms with E-state index in [2.05, 4.69) is 25.2 Å². The molecule has 23 heavy (non-hydrogen) atoms. The molecule has 1 fully saturated rings. The van der Waals surface area contributed by atoms with E-state index in [0.29, 0.717) is 5.82 Å². The van der Waals surface area contributed by atoms with Gasteiger partial charge in [0.25, 0.3) is 0 Å². The maximum absolute atomic E-state index is 12.6. The fourth-order valence-electron chi connectivity index (χ4n) is 2.94. The largest absolute Gasteiger partial charge is 0.344 e. The fourth-order valence-corrected chi connectivity index (χ4v) is 3.67. The van der Waals surface area contributed by atoms with Crippen LogP contribution in [-0.4, -0.2) is 33.4 Å². The van der Waals surface area contributed by atoms with E-state index in [-0.39, 0.29) is 11.9 Å². The van der Waals surface area contributed by atoms with Crippen LogP contribution in [0.2, 0.25) is 0 Å². The van der Waals surface area contributed by atoms with Gasteiger partial charge < -0.3 is 10.2 Å². The Balaban J connectivity index is 1.61. The van der Waals surface area contributed by atoms with Gasteiger partial charge >= 0.3 is 0 Å². The second kappa shape index (κ2) is 5.92. The molecule has 1 atom stereocenters. The van der Waals surface area contributed by atoms with Crippen LogP contribution >= 0.6 is 11.3 Å². The van der Waals surface area contributed by atoms with Crippen LogP contribution in [0, 0.1) is 0 Å². The van der Waals surface area contributed by atoms with Crippen LogP contribution in [0.4, 0.5) is 11.6 Å². The molecule has 3 aromatic heterocycles. The number of thiophene rings is 1. The third-order valence-electron chi connectivity index (χ3n) is 3.98. The first-order chi connectivity index (χ1) is 11.3. The number of hydrogen-bond acceptors (Lipinski definition) is 6. The maximum Gasteiger partial charge on any atom is 0.248 e. The number of nitrogens with zero attached hydrogens (tertiary/aromatic N) is 4. The van der Waals surface area contributed by atoms with Crippen molar-refractivity contribution in [2.24, 2.45) is 0 Å². The van der Waals surface area contributed by atoms with E-state index < -0.39 is 0 Å². The number of hydrogen-bond donors (Lipinski definition) is 1. The Morgan fingerprint density at radius 2 is 2.22 bits per heavy atom. The van der Waals surface area contributed by atoms with Crippen LogP contribution in [-0.2, 0) is 4.79 Å². The highest BCUT2D eigenvalue weighted by Gasteiger charge is 2.32. The zero-order valence-electron chi connectivity index (χ0n) is 12.3. The molecule has 1 N–H and O–H groups in total. The number of carbonyl (C=O) groups is 1. The minimum Gasteiger partial charge on any atom is -0.344 e. The molecule has 7 heteroatoms. The summed E-state index contributed by atoms with van der Waals surface area (Å²) in [6.07, 6.45) is 5.02. The molecule has 1 aliphatic rings. The summed E-state index contributed by atoms with van der Waals surface area (Å²) in [6, 6.07) is 7.26. The predicted octanol–water partition coefficient (Wildman–Crippen LogP) is 2.69. The Kier molecular flexibility index (Phi) is 3.63. The maximum atomic E-state index is 12.6. The van der Waals surface area contributed by atoms with Crippen LogP contribution < -0.4 is 10.2 Å². The first kappa shape index (κ1) is 14.1. The lowest BCUT2D eigenvalue weighted by Crippen LogP contribution is -2.40. The van der Waals surface area contributed by atoms with Crippen molar-refractivity contribution in [3.8, 4) is 0 Å². The quantitative estimate of drug-likeness (QED) is 0.801. The Morgan fingerprint density at radius 3 is 3.09 bits per heavy atom. The molecule has 1 saturated heterocycles. The highest BCUT2D eigenvalue weighted by Crippen LogP contribution is 2.31. The summed E-state index contributed by atoms with van der Waals surface area (Å²) >= 11 is 1.58. The number of carbonyl (C=O) groups excluding carboxylic acids is 1. The summed E-state index contributed by atoms with van der Waals surface area (Å²) in [7, 11) is 0. The monoisotopic (exact) mass is 325 g/mol. The minimum absolute atomic E-state index is 0.0387. The highest BCUT2D eigenvalue weighted by molar-refractivity contribution is 7.16. The summed E-state index contributed by atoms with van der Waals surface area (Å²) < 4.78 is 0. The van der Waals surface area contributed by atoms with Crippen LogP contribution in [0.5, 0.6) is 0 Å². The molecule has 0 aliphatic carbocycles. The first-order valence-corrected chi connectivity index (χ1v) is 8.37. The van der Waals surface area contributed by atoms with Crippen molar-refractivity contribution < 1.29 is 4.79 Å². The second-order valence-corrected chi connectivity index (χ2v) is 6.29. The molecular weight excluding hydrogens is 310 g/mol. The molecule has 0 saturated carbocycles. The van der Waals surface area contributed by atoms with Crippen molar-refractivity contribution >= 4 is 39.1 Å². The van der Waals surface area contributed by atoms with Gasteiger partial charge in [-0.2, -0.15) is 0 Å². The molecule has 0 unspecified atom stereocenters. The van der Waals surface area contributed by atoms with Gasteiger partial charge in [-0.1, -0.05) is 6.07 Å². The number of nitrogens with one attached hydrogen (secondary N) is 1. The Morgan fingerprint density at radius 1 is 1.26 bits per heavy atom.